The molecule has 0 saturated heterocycles. The Morgan fingerprint density at radius 1 is 1.00 bits per heavy atom. The van der Waals surface area contributed by atoms with Gasteiger partial charge in [-0.2, -0.15) is 0 Å². The van der Waals surface area contributed by atoms with E-state index in [0.717, 1.165) is 22.3 Å². The third-order valence-electron chi connectivity index (χ3n) is 5.03. The van der Waals surface area contributed by atoms with E-state index in [-0.39, 0.29) is 12.4 Å². The van der Waals surface area contributed by atoms with E-state index in [1.807, 2.05) is 36.4 Å². The molecule has 2 N–H and O–H groups in total. The van der Waals surface area contributed by atoms with Crippen LogP contribution >= 0.6 is 11.3 Å². The highest BCUT2D eigenvalue weighted by Crippen LogP contribution is 2.34. The van der Waals surface area contributed by atoms with Crippen LogP contribution in [0.2, 0.25) is 0 Å². The first kappa shape index (κ1) is 20.1. The van der Waals surface area contributed by atoms with Gasteiger partial charge in [0.05, 0.1) is 13.5 Å². The molecule has 0 fully saturated rings. The summed E-state index contributed by atoms with van der Waals surface area (Å²) in [4.78, 5) is 11.7. The van der Waals surface area contributed by atoms with Crippen molar-refractivity contribution in [3.05, 3.63) is 88.8 Å². The number of methoxy groups -OCH3 is 1. The normalized spacial score (nSPS) is 10.9. The van der Waals surface area contributed by atoms with E-state index in [1.54, 1.807) is 11.3 Å². The first-order valence-electron chi connectivity index (χ1n) is 9.75. The summed E-state index contributed by atoms with van der Waals surface area (Å²) < 4.78 is 12.1. The summed E-state index contributed by atoms with van der Waals surface area (Å²) in [5.74, 6) is 0.411. The first-order valence-corrected chi connectivity index (χ1v) is 10.6. The predicted molar refractivity (Wildman–Crippen MR) is 122 cm³/mol. The van der Waals surface area contributed by atoms with Gasteiger partial charge in [0.15, 0.2) is 0 Å². The lowest BCUT2D eigenvalue weighted by atomic mass is 9.98. The summed E-state index contributed by atoms with van der Waals surface area (Å²) in [5.41, 5.74) is 11.2. The van der Waals surface area contributed by atoms with Gasteiger partial charge in [-0.25, -0.2) is 0 Å². The number of nitrogens with two attached hydrogens (primary N) is 1. The minimum Gasteiger partial charge on any atom is -0.489 e. The van der Waals surface area contributed by atoms with Crippen molar-refractivity contribution >= 4 is 27.4 Å². The largest absolute Gasteiger partial charge is 0.489 e. The molecule has 0 radical (unpaired) electrons. The second kappa shape index (κ2) is 9.11. The average Bonchev–Trinajstić information content (AvgIpc) is 3.26. The molecule has 4 nitrogen and oxygen atoms in total. The molecule has 5 heteroatoms. The maximum atomic E-state index is 11.7. The van der Waals surface area contributed by atoms with E-state index in [0.29, 0.717) is 18.9 Å². The van der Waals surface area contributed by atoms with Crippen molar-refractivity contribution in [2.75, 3.05) is 7.11 Å². The van der Waals surface area contributed by atoms with Crippen LogP contribution in [0, 0.1) is 0 Å². The highest BCUT2D eigenvalue weighted by Gasteiger charge is 2.11. The number of thiophene rings is 1. The molecule has 0 aliphatic carbocycles. The maximum Gasteiger partial charge on any atom is 0.310 e. The summed E-state index contributed by atoms with van der Waals surface area (Å²) >= 11 is 1.72. The summed E-state index contributed by atoms with van der Waals surface area (Å²) in [6.45, 7) is 0.927. The van der Waals surface area contributed by atoms with E-state index in [4.69, 9.17) is 15.2 Å². The molecule has 0 atom stereocenters. The van der Waals surface area contributed by atoms with Gasteiger partial charge in [-0.05, 0) is 58.0 Å². The lowest BCUT2D eigenvalue weighted by Gasteiger charge is -2.13. The van der Waals surface area contributed by atoms with Gasteiger partial charge >= 0.3 is 5.97 Å². The number of carbonyl (C=O) groups is 1. The highest BCUT2D eigenvalue weighted by atomic mass is 32.1. The van der Waals surface area contributed by atoms with Crippen LogP contribution in [0.5, 0.6) is 5.75 Å². The van der Waals surface area contributed by atoms with Gasteiger partial charge in [-0.3, -0.25) is 4.79 Å². The van der Waals surface area contributed by atoms with E-state index < -0.39 is 0 Å². The van der Waals surface area contributed by atoms with Crippen LogP contribution in [0.1, 0.15) is 16.7 Å². The van der Waals surface area contributed by atoms with Gasteiger partial charge in [-0.1, -0.05) is 36.4 Å². The van der Waals surface area contributed by atoms with Gasteiger partial charge in [0.25, 0.3) is 0 Å². The quantitative estimate of drug-likeness (QED) is 0.413. The minimum absolute atomic E-state index is 0.188. The zero-order valence-electron chi connectivity index (χ0n) is 16.8. The molecule has 3 aromatic carbocycles. The number of rotatable bonds is 7. The molecule has 4 aromatic rings. The van der Waals surface area contributed by atoms with Crippen molar-refractivity contribution in [3.63, 3.8) is 0 Å². The molecule has 0 aliphatic rings. The zero-order valence-corrected chi connectivity index (χ0v) is 17.6. The van der Waals surface area contributed by atoms with Gasteiger partial charge < -0.3 is 15.2 Å². The van der Waals surface area contributed by atoms with Crippen LogP contribution in [0.3, 0.4) is 0 Å². The van der Waals surface area contributed by atoms with Crippen molar-refractivity contribution in [3.8, 4) is 16.9 Å². The third-order valence-corrected chi connectivity index (χ3v) is 5.90. The van der Waals surface area contributed by atoms with Crippen LogP contribution in [0.15, 0.2) is 72.1 Å². The number of fused-ring (bicyclic) bond motifs is 1. The van der Waals surface area contributed by atoms with Gasteiger partial charge in [-0.15, -0.1) is 11.3 Å². The molecule has 0 bridgehead atoms. The average molecular weight is 418 g/mol. The van der Waals surface area contributed by atoms with Crippen molar-refractivity contribution in [2.45, 2.75) is 19.6 Å². The molecule has 0 saturated carbocycles. The molecule has 1 heterocycles. The standard InChI is InChI=1S/C25H23NO3S/c1-28-25(27)14-20-6-2-3-8-23(20)29-16-18-12-22(21-9-10-30-24(21)13-18)19-7-4-5-17(11-19)15-26/h2-13H,14-16,26H2,1H3. The van der Waals surface area contributed by atoms with Crippen molar-refractivity contribution in [2.24, 2.45) is 5.73 Å². The van der Waals surface area contributed by atoms with Crippen LogP contribution in [0.25, 0.3) is 21.2 Å². The first-order chi connectivity index (χ1) is 14.7. The van der Waals surface area contributed by atoms with Crippen LogP contribution in [-0.4, -0.2) is 13.1 Å². The fraction of sp³-hybridized carbons (Fsp3) is 0.160. The fourth-order valence-corrected chi connectivity index (χ4v) is 4.37. The van der Waals surface area contributed by atoms with E-state index >= 15 is 0 Å². The number of carbonyl (C=O) groups excluding carboxylic acids is 1. The van der Waals surface area contributed by atoms with Crippen LogP contribution < -0.4 is 10.5 Å². The second-order valence-electron chi connectivity index (χ2n) is 7.03. The summed E-state index contributed by atoms with van der Waals surface area (Å²) in [6, 6.07) is 22.4. The Morgan fingerprint density at radius 3 is 2.70 bits per heavy atom. The lowest BCUT2D eigenvalue weighted by molar-refractivity contribution is -0.139. The summed E-state index contributed by atoms with van der Waals surface area (Å²) in [7, 11) is 1.39. The van der Waals surface area contributed by atoms with E-state index in [9.17, 15) is 4.79 Å². The number of esters is 1. The smallest absolute Gasteiger partial charge is 0.310 e. The van der Waals surface area contributed by atoms with Crippen LogP contribution in [0.4, 0.5) is 0 Å². The van der Waals surface area contributed by atoms with Crippen molar-refractivity contribution in [1.29, 1.82) is 0 Å². The molecular weight excluding hydrogens is 394 g/mol. The molecule has 152 valence electrons. The van der Waals surface area contributed by atoms with Gasteiger partial charge in [0.2, 0.25) is 0 Å². The van der Waals surface area contributed by atoms with E-state index in [1.165, 1.54) is 22.8 Å². The number of para-hydroxylation sites is 1. The molecule has 0 amide bonds. The minimum atomic E-state index is -0.284. The molecule has 4 rings (SSSR count). The topological polar surface area (TPSA) is 61.5 Å². The Morgan fingerprint density at radius 2 is 1.87 bits per heavy atom. The Labute approximate surface area is 179 Å². The second-order valence-corrected chi connectivity index (χ2v) is 7.98. The monoisotopic (exact) mass is 417 g/mol. The molecular formula is C25H23NO3S. The Hall–Kier alpha value is -3.15. The summed E-state index contributed by atoms with van der Waals surface area (Å²) in [6.07, 6.45) is 0.188. The molecule has 1 aromatic heterocycles. The highest BCUT2D eigenvalue weighted by molar-refractivity contribution is 7.17. The summed E-state index contributed by atoms with van der Waals surface area (Å²) in [5, 5.41) is 3.33. The number of hydrogen-bond acceptors (Lipinski definition) is 5. The molecule has 0 unspecified atom stereocenters. The Bertz CT molecular complexity index is 1180. The number of benzene rings is 3. The SMILES string of the molecule is COC(=O)Cc1ccccc1OCc1cc(-c2cccc(CN)c2)c2ccsc2c1. The third kappa shape index (κ3) is 4.37. The van der Waals surface area contributed by atoms with Crippen molar-refractivity contribution in [1.82, 2.24) is 0 Å². The van der Waals surface area contributed by atoms with Gasteiger partial charge in [0.1, 0.15) is 12.4 Å². The zero-order chi connectivity index (χ0) is 20.9. The van der Waals surface area contributed by atoms with Crippen LogP contribution in [-0.2, 0) is 29.1 Å². The molecule has 30 heavy (non-hydrogen) atoms. The predicted octanol–water partition coefficient (Wildman–Crippen LogP) is 5.32. The number of ether oxygens (including phenoxy) is 2. The Balaban J connectivity index is 1.64. The molecule has 0 aliphatic heterocycles. The van der Waals surface area contributed by atoms with E-state index in [2.05, 4.69) is 35.7 Å². The van der Waals surface area contributed by atoms with Crippen molar-refractivity contribution < 1.29 is 14.3 Å². The van der Waals surface area contributed by atoms with Gasteiger partial charge in [0, 0.05) is 22.2 Å². The maximum absolute atomic E-state index is 11.7. The Kier molecular flexibility index (Phi) is 6.12. The lowest BCUT2D eigenvalue weighted by Crippen LogP contribution is -2.06. The number of hydrogen-bond donors (Lipinski definition) is 1. The molecule has 0 spiro atoms. The fourth-order valence-electron chi connectivity index (χ4n) is 3.50.